The Bertz CT molecular complexity index is 428. The van der Waals surface area contributed by atoms with Gasteiger partial charge in [-0.1, -0.05) is 30.4 Å². The van der Waals surface area contributed by atoms with Crippen molar-refractivity contribution in [3.63, 3.8) is 0 Å². The molecule has 1 amide bonds. The number of benzene rings is 1. The molecule has 0 bridgehead atoms. The summed E-state index contributed by atoms with van der Waals surface area (Å²) in [6.45, 7) is 4.06. The number of para-hydroxylation sites is 1. The van der Waals surface area contributed by atoms with Crippen LogP contribution in [-0.2, 0) is 4.79 Å². The first kappa shape index (κ1) is 11.9. The molecule has 2 rings (SSSR count). The van der Waals surface area contributed by atoms with E-state index in [0.717, 1.165) is 36.1 Å². The molecule has 0 heterocycles. The van der Waals surface area contributed by atoms with Crippen LogP contribution in [0.1, 0.15) is 30.4 Å². The maximum atomic E-state index is 12.1. The van der Waals surface area contributed by atoms with E-state index in [9.17, 15) is 4.79 Å². The van der Waals surface area contributed by atoms with E-state index in [-0.39, 0.29) is 11.8 Å². The van der Waals surface area contributed by atoms with Crippen LogP contribution in [0.15, 0.2) is 30.4 Å². The van der Waals surface area contributed by atoms with Crippen LogP contribution in [0.5, 0.6) is 0 Å². The fraction of sp³-hybridized carbons (Fsp3) is 0.400. The van der Waals surface area contributed by atoms with Crippen LogP contribution in [0.4, 0.5) is 5.69 Å². The summed E-state index contributed by atoms with van der Waals surface area (Å²) < 4.78 is 0. The number of hydrogen-bond acceptors (Lipinski definition) is 1. The van der Waals surface area contributed by atoms with Crippen LogP contribution in [0.3, 0.4) is 0 Å². The lowest BCUT2D eigenvalue weighted by atomic mass is 9.93. The zero-order valence-corrected chi connectivity index (χ0v) is 10.5. The highest BCUT2D eigenvalue weighted by Crippen LogP contribution is 2.23. The van der Waals surface area contributed by atoms with Crippen LogP contribution in [0, 0.1) is 19.8 Å². The van der Waals surface area contributed by atoms with E-state index in [0.29, 0.717) is 0 Å². The molecule has 0 fully saturated rings. The lowest BCUT2D eigenvalue weighted by Crippen LogP contribution is -2.24. The molecule has 0 aromatic heterocycles. The number of nitrogens with one attached hydrogen (secondary N) is 1. The largest absolute Gasteiger partial charge is 0.325 e. The van der Waals surface area contributed by atoms with Gasteiger partial charge in [-0.05, 0) is 44.2 Å². The number of hydrogen-bond donors (Lipinski definition) is 1. The molecule has 0 saturated heterocycles. The molecule has 1 atom stereocenters. The van der Waals surface area contributed by atoms with Crippen LogP contribution in [-0.4, -0.2) is 5.91 Å². The van der Waals surface area contributed by atoms with Crippen molar-refractivity contribution in [2.24, 2.45) is 5.92 Å². The highest BCUT2D eigenvalue weighted by atomic mass is 16.1. The highest BCUT2D eigenvalue weighted by molar-refractivity contribution is 5.94. The predicted octanol–water partition coefficient (Wildman–Crippen LogP) is 3.60. The van der Waals surface area contributed by atoms with Crippen LogP contribution in [0.25, 0.3) is 0 Å². The van der Waals surface area contributed by atoms with Crippen molar-refractivity contribution in [2.75, 3.05) is 5.32 Å². The number of carbonyl (C=O) groups excluding carboxylic acids is 1. The van der Waals surface area contributed by atoms with Gasteiger partial charge in [0.05, 0.1) is 0 Å². The van der Waals surface area contributed by atoms with Crippen LogP contribution >= 0.6 is 0 Å². The topological polar surface area (TPSA) is 29.1 Å². The number of anilines is 1. The summed E-state index contributed by atoms with van der Waals surface area (Å²) in [6.07, 6.45) is 7.12. The van der Waals surface area contributed by atoms with Gasteiger partial charge in [0.15, 0.2) is 0 Å². The second-order valence-electron chi connectivity index (χ2n) is 4.74. The Kier molecular flexibility index (Phi) is 3.62. The minimum Gasteiger partial charge on any atom is -0.325 e. The van der Waals surface area contributed by atoms with Crippen LogP contribution < -0.4 is 5.32 Å². The van der Waals surface area contributed by atoms with E-state index in [1.54, 1.807) is 0 Å². The van der Waals surface area contributed by atoms with Gasteiger partial charge in [0.2, 0.25) is 5.91 Å². The molecule has 1 N–H and O–H groups in total. The van der Waals surface area contributed by atoms with Gasteiger partial charge >= 0.3 is 0 Å². The van der Waals surface area contributed by atoms with Crippen molar-refractivity contribution in [1.82, 2.24) is 0 Å². The van der Waals surface area contributed by atoms with E-state index in [1.165, 1.54) is 0 Å². The zero-order chi connectivity index (χ0) is 12.3. The van der Waals surface area contributed by atoms with Gasteiger partial charge in [-0.3, -0.25) is 4.79 Å². The lowest BCUT2D eigenvalue weighted by molar-refractivity contribution is -0.120. The maximum absolute atomic E-state index is 12.1. The molecular formula is C15H19NO. The minimum atomic E-state index is 0.138. The van der Waals surface area contributed by atoms with Gasteiger partial charge < -0.3 is 5.32 Å². The van der Waals surface area contributed by atoms with Gasteiger partial charge in [0, 0.05) is 11.6 Å². The molecule has 1 aliphatic carbocycles. The number of carbonyl (C=O) groups is 1. The van der Waals surface area contributed by atoms with Crippen molar-refractivity contribution < 1.29 is 4.79 Å². The molecule has 2 nitrogen and oxygen atoms in total. The first-order valence-electron chi connectivity index (χ1n) is 6.20. The molecule has 1 aromatic carbocycles. The molecule has 0 spiro atoms. The molecule has 0 saturated carbocycles. The highest BCUT2D eigenvalue weighted by Gasteiger charge is 2.19. The third kappa shape index (κ3) is 2.76. The molecule has 0 radical (unpaired) electrons. The first-order valence-corrected chi connectivity index (χ1v) is 6.20. The van der Waals surface area contributed by atoms with Gasteiger partial charge in [0.25, 0.3) is 0 Å². The summed E-state index contributed by atoms with van der Waals surface area (Å²) in [7, 11) is 0. The summed E-state index contributed by atoms with van der Waals surface area (Å²) >= 11 is 0. The molecule has 1 aromatic rings. The molecular weight excluding hydrogens is 210 g/mol. The summed E-state index contributed by atoms with van der Waals surface area (Å²) in [5, 5.41) is 3.08. The fourth-order valence-electron chi connectivity index (χ4n) is 2.27. The van der Waals surface area contributed by atoms with Crippen molar-refractivity contribution in [2.45, 2.75) is 33.1 Å². The Hall–Kier alpha value is -1.57. The number of rotatable bonds is 2. The summed E-state index contributed by atoms with van der Waals surface area (Å²) in [4.78, 5) is 12.1. The molecule has 0 aliphatic heterocycles. The Morgan fingerprint density at radius 1 is 1.24 bits per heavy atom. The Morgan fingerprint density at radius 2 is 1.94 bits per heavy atom. The Labute approximate surface area is 103 Å². The first-order chi connectivity index (χ1) is 8.18. The van der Waals surface area contributed by atoms with Gasteiger partial charge in [-0.25, -0.2) is 0 Å². The average Bonchev–Trinajstić information content (AvgIpc) is 2.35. The van der Waals surface area contributed by atoms with Crippen molar-refractivity contribution >= 4 is 11.6 Å². The third-order valence-corrected chi connectivity index (χ3v) is 3.37. The van der Waals surface area contributed by atoms with Gasteiger partial charge in [-0.2, -0.15) is 0 Å². The molecule has 2 heteroatoms. The Balaban J connectivity index is 2.10. The summed E-state index contributed by atoms with van der Waals surface area (Å²) in [5.41, 5.74) is 3.24. The maximum Gasteiger partial charge on any atom is 0.227 e. The summed E-state index contributed by atoms with van der Waals surface area (Å²) in [6, 6.07) is 6.08. The number of aryl methyl sites for hydroxylation is 2. The fourth-order valence-corrected chi connectivity index (χ4v) is 2.27. The summed E-state index contributed by atoms with van der Waals surface area (Å²) in [5.74, 6) is 0.297. The monoisotopic (exact) mass is 229 g/mol. The minimum absolute atomic E-state index is 0.138. The second-order valence-corrected chi connectivity index (χ2v) is 4.74. The van der Waals surface area contributed by atoms with E-state index in [4.69, 9.17) is 0 Å². The standard InChI is InChI=1S/C15H19NO/c1-11-7-6-8-12(2)14(11)16-15(17)13-9-4-3-5-10-13/h3-4,6-8,13H,5,9-10H2,1-2H3,(H,16,17). The lowest BCUT2D eigenvalue weighted by Gasteiger charge is -2.19. The van der Waals surface area contributed by atoms with Gasteiger partial charge in [-0.15, -0.1) is 0 Å². The second kappa shape index (κ2) is 5.17. The van der Waals surface area contributed by atoms with E-state index in [1.807, 2.05) is 32.0 Å². The molecule has 90 valence electrons. The van der Waals surface area contributed by atoms with Crippen molar-refractivity contribution in [3.8, 4) is 0 Å². The van der Waals surface area contributed by atoms with Crippen molar-refractivity contribution in [1.29, 1.82) is 0 Å². The average molecular weight is 229 g/mol. The van der Waals surface area contributed by atoms with E-state index in [2.05, 4.69) is 17.5 Å². The Morgan fingerprint density at radius 3 is 2.53 bits per heavy atom. The quantitative estimate of drug-likeness (QED) is 0.771. The molecule has 1 unspecified atom stereocenters. The molecule has 1 aliphatic rings. The zero-order valence-electron chi connectivity index (χ0n) is 10.5. The van der Waals surface area contributed by atoms with E-state index < -0.39 is 0 Å². The number of allylic oxidation sites excluding steroid dienone is 2. The normalized spacial score (nSPS) is 19.1. The smallest absolute Gasteiger partial charge is 0.227 e. The van der Waals surface area contributed by atoms with Crippen LogP contribution in [0.2, 0.25) is 0 Å². The third-order valence-electron chi connectivity index (χ3n) is 3.37. The van der Waals surface area contributed by atoms with Gasteiger partial charge in [0.1, 0.15) is 0 Å². The molecule has 17 heavy (non-hydrogen) atoms. The predicted molar refractivity (Wildman–Crippen MR) is 71.0 cm³/mol. The van der Waals surface area contributed by atoms with Crippen molar-refractivity contribution in [3.05, 3.63) is 41.5 Å². The SMILES string of the molecule is Cc1cccc(C)c1NC(=O)C1CC=CCC1. The van der Waals surface area contributed by atoms with E-state index >= 15 is 0 Å². The number of amides is 1.